The zero-order valence-corrected chi connectivity index (χ0v) is 19.2. The smallest absolute Gasteiger partial charge is 0.251 e. The summed E-state index contributed by atoms with van der Waals surface area (Å²) < 4.78 is 4.57. The van der Waals surface area contributed by atoms with Gasteiger partial charge < -0.3 is 5.32 Å². The molecular formula is C27H38N3O+. The summed E-state index contributed by atoms with van der Waals surface area (Å²) in [5.74, 6) is 0.782. The molecule has 0 aliphatic carbocycles. The minimum atomic E-state index is 0.00279. The van der Waals surface area contributed by atoms with E-state index in [2.05, 4.69) is 53.1 Å². The monoisotopic (exact) mass is 420 g/mol. The molecule has 1 heterocycles. The Morgan fingerprint density at radius 2 is 1.74 bits per heavy atom. The van der Waals surface area contributed by atoms with Gasteiger partial charge in [-0.2, -0.15) is 0 Å². The molecule has 0 saturated carbocycles. The van der Waals surface area contributed by atoms with E-state index in [0.717, 1.165) is 41.8 Å². The van der Waals surface area contributed by atoms with Crippen LogP contribution in [0.3, 0.4) is 0 Å². The summed E-state index contributed by atoms with van der Waals surface area (Å²) in [6, 6.07) is 14.0. The molecule has 166 valence electrons. The standard InChI is InChI=1S/C27H37N3O/c1-3-5-10-23(11-6-4-2)21-30-19-18-29(22-30)17-9-16-28-27(31)26-15-14-24-12-7-8-13-25(24)20-26/h7-8,12-15,18-20,22-23H,3-6,9-11,16-17,21H2,1-2H3/p+1. The van der Waals surface area contributed by atoms with E-state index in [9.17, 15) is 4.79 Å². The fraction of sp³-hybridized carbons (Fsp3) is 0.481. The number of benzene rings is 2. The molecule has 4 heteroatoms. The Morgan fingerprint density at radius 1 is 1.00 bits per heavy atom. The first kappa shape index (κ1) is 23.1. The lowest BCUT2D eigenvalue weighted by Gasteiger charge is -2.13. The number of nitrogens with zero attached hydrogens (tertiary/aromatic N) is 2. The van der Waals surface area contributed by atoms with E-state index in [-0.39, 0.29) is 5.91 Å². The fourth-order valence-electron chi connectivity index (χ4n) is 4.19. The van der Waals surface area contributed by atoms with Crippen molar-refractivity contribution in [3.05, 3.63) is 66.7 Å². The van der Waals surface area contributed by atoms with E-state index in [1.165, 1.54) is 38.5 Å². The lowest BCUT2D eigenvalue weighted by molar-refractivity contribution is -0.703. The molecule has 0 unspecified atom stereocenters. The maximum atomic E-state index is 12.5. The molecule has 0 saturated heterocycles. The second-order valence-corrected chi connectivity index (χ2v) is 8.67. The largest absolute Gasteiger partial charge is 0.352 e. The molecule has 0 fully saturated rings. The molecule has 3 aromatic rings. The third kappa shape index (κ3) is 7.23. The van der Waals surface area contributed by atoms with E-state index < -0.39 is 0 Å². The van der Waals surface area contributed by atoms with Crippen LogP contribution in [-0.2, 0) is 13.1 Å². The number of imidazole rings is 1. The number of carbonyl (C=O) groups is 1. The molecule has 3 rings (SSSR count). The van der Waals surface area contributed by atoms with Gasteiger partial charge in [0, 0.05) is 18.5 Å². The molecule has 0 aliphatic rings. The van der Waals surface area contributed by atoms with Crippen molar-refractivity contribution in [2.75, 3.05) is 6.54 Å². The summed E-state index contributed by atoms with van der Waals surface area (Å²) in [4.78, 5) is 12.5. The van der Waals surface area contributed by atoms with Gasteiger partial charge in [-0.25, -0.2) is 9.13 Å². The predicted octanol–water partition coefficient (Wildman–Crippen LogP) is 5.75. The highest BCUT2D eigenvalue weighted by Crippen LogP contribution is 2.17. The van der Waals surface area contributed by atoms with Crippen LogP contribution in [0.25, 0.3) is 10.8 Å². The first-order valence-corrected chi connectivity index (χ1v) is 12.0. The summed E-state index contributed by atoms with van der Waals surface area (Å²) in [5.41, 5.74) is 0.725. The second-order valence-electron chi connectivity index (χ2n) is 8.67. The lowest BCUT2D eigenvalue weighted by atomic mass is 9.96. The molecule has 0 bridgehead atoms. The number of amides is 1. The number of fused-ring (bicyclic) bond motifs is 1. The van der Waals surface area contributed by atoms with Crippen LogP contribution in [0.2, 0.25) is 0 Å². The van der Waals surface area contributed by atoms with Gasteiger partial charge in [0.25, 0.3) is 5.91 Å². The normalized spacial score (nSPS) is 11.3. The van der Waals surface area contributed by atoms with E-state index >= 15 is 0 Å². The first-order valence-electron chi connectivity index (χ1n) is 12.0. The molecule has 0 radical (unpaired) electrons. The maximum absolute atomic E-state index is 12.5. The van der Waals surface area contributed by atoms with Crippen molar-refractivity contribution in [2.24, 2.45) is 5.92 Å². The lowest BCUT2D eigenvalue weighted by Crippen LogP contribution is -2.35. The molecule has 2 aromatic carbocycles. The van der Waals surface area contributed by atoms with E-state index in [1.807, 2.05) is 36.4 Å². The van der Waals surface area contributed by atoms with Gasteiger partial charge in [-0.1, -0.05) is 69.9 Å². The van der Waals surface area contributed by atoms with Gasteiger partial charge in [0.15, 0.2) is 0 Å². The van der Waals surface area contributed by atoms with Gasteiger partial charge >= 0.3 is 0 Å². The number of hydrogen-bond acceptors (Lipinski definition) is 1. The molecule has 1 aromatic heterocycles. The third-order valence-corrected chi connectivity index (χ3v) is 6.04. The molecule has 0 spiro atoms. The predicted molar refractivity (Wildman–Crippen MR) is 128 cm³/mol. The number of hydrogen-bond donors (Lipinski definition) is 1. The van der Waals surface area contributed by atoms with Gasteiger partial charge in [0.05, 0.1) is 13.1 Å². The summed E-state index contributed by atoms with van der Waals surface area (Å²) in [6.07, 6.45) is 15.3. The van der Waals surface area contributed by atoms with Crippen molar-refractivity contribution in [3.8, 4) is 0 Å². The Morgan fingerprint density at radius 3 is 2.48 bits per heavy atom. The molecule has 0 aliphatic heterocycles. The van der Waals surface area contributed by atoms with Crippen LogP contribution in [0.4, 0.5) is 0 Å². The van der Waals surface area contributed by atoms with Crippen LogP contribution in [0.5, 0.6) is 0 Å². The first-order chi connectivity index (χ1) is 15.2. The molecule has 1 N–H and O–H groups in total. The minimum Gasteiger partial charge on any atom is -0.352 e. The summed E-state index contributed by atoms with van der Waals surface area (Å²) >= 11 is 0. The molecular weight excluding hydrogens is 382 g/mol. The third-order valence-electron chi connectivity index (χ3n) is 6.04. The van der Waals surface area contributed by atoms with Crippen LogP contribution >= 0.6 is 0 Å². The zero-order chi connectivity index (χ0) is 21.9. The minimum absolute atomic E-state index is 0.00279. The molecule has 1 amide bonds. The van der Waals surface area contributed by atoms with Crippen LogP contribution in [-0.4, -0.2) is 17.0 Å². The fourth-order valence-corrected chi connectivity index (χ4v) is 4.19. The Labute approximate surface area is 187 Å². The SMILES string of the molecule is CCCCC(CCCC)C[n+]1ccn(CCCNC(=O)c2ccc3ccccc3c2)c1. The number of aryl methyl sites for hydroxylation is 1. The van der Waals surface area contributed by atoms with Gasteiger partial charge in [-0.3, -0.25) is 4.79 Å². The Kier molecular flexibility index (Phi) is 9.14. The summed E-state index contributed by atoms with van der Waals surface area (Å²) in [6.45, 7) is 7.27. The van der Waals surface area contributed by atoms with Crippen LogP contribution in [0, 0.1) is 5.92 Å². The van der Waals surface area contributed by atoms with Gasteiger partial charge in [-0.05, 0) is 41.7 Å². The molecule has 31 heavy (non-hydrogen) atoms. The Balaban J connectivity index is 1.43. The number of aromatic nitrogens is 2. The van der Waals surface area contributed by atoms with Crippen LogP contribution in [0.15, 0.2) is 61.2 Å². The molecule has 0 atom stereocenters. The van der Waals surface area contributed by atoms with E-state index in [4.69, 9.17) is 0 Å². The van der Waals surface area contributed by atoms with E-state index in [1.54, 1.807) is 0 Å². The second kappa shape index (κ2) is 12.3. The number of carbonyl (C=O) groups excluding carboxylic acids is 1. The van der Waals surface area contributed by atoms with Gasteiger partial charge in [0.2, 0.25) is 6.33 Å². The van der Waals surface area contributed by atoms with Gasteiger partial charge in [-0.15, -0.1) is 0 Å². The summed E-state index contributed by atoms with van der Waals surface area (Å²) in [5, 5.41) is 5.32. The Bertz CT molecular complexity index is 938. The average Bonchev–Trinajstić information content (AvgIpc) is 3.25. The van der Waals surface area contributed by atoms with Crippen LogP contribution < -0.4 is 9.88 Å². The van der Waals surface area contributed by atoms with Crippen molar-refractivity contribution in [1.29, 1.82) is 0 Å². The van der Waals surface area contributed by atoms with Crippen molar-refractivity contribution in [2.45, 2.75) is 71.9 Å². The van der Waals surface area contributed by atoms with Gasteiger partial charge in [0.1, 0.15) is 12.4 Å². The van der Waals surface area contributed by atoms with Crippen molar-refractivity contribution in [1.82, 2.24) is 9.88 Å². The number of unbranched alkanes of at least 4 members (excludes halogenated alkanes) is 2. The topological polar surface area (TPSA) is 37.9 Å². The number of rotatable bonds is 13. The molecule has 4 nitrogen and oxygen atoms in total. The summed E-state index contributed by atoms with van der Waals surface area (Å²) in [7, 11) is 0. The Hall–Kier alpha value is -2.62. The zero-order valence-electron chi connectivity index (χ0n) is 19.2. The average molecular weight is 421 g/mol. The van der Waals surface area contributed by atoms with Crippen molar-refractivity contribution in [3.63, 3.8) is 0 Å². The highest BCUT2D eigenvalue weighted by Gasteiger charge is 2.13. The highest BCUT2D eigenvalue weighted by molar-refractivity contribution is 5.98. The maximum Gasteiger partial charge on any atom is 0.251 e. The number of nitrogens with one attached hydrogen (secondary N) is 1. The van der Waals surface area contributed by atoms with E-state index in [0.29, 0.717) is 6.54 Å². The van der Waals surface area contributed by atoms with Crippen molar-refractivity contribution < 1.29 is 9.36 Å². The highest BCUT2D eigenvalue weighted by atomic mass is 16.1. The van der Waals surface area contributed by atoms with Crippen molar-refractivity contribution >= 4 is 16.7 Å². The quantitative estimate of drug-likeness (QED) is 0.278. The van der Waals surface area contributed by atoms with Crippen LogP contribution in [0.1, 0.15) is 69.2 Å².